The molecule has 0 unspecified atom stereocenters. The average molecular weight is 384 g/mol. The maximum atomic E-state index is 4.66. The maximum Gasteiger partial charge on any atom is 0.154 e. The first kappa shape index (κ1) is 14.4. The molecule has 0 bridgehead atoms. The third kappa shape index (κ3) is 2.16. The molecule has 0 aromatic carbocycles. The van der Waals surface area contributed by atoms with Crippen molar-refractivity contribution in [3.63, 3.8) is 0 Å². The van der Waals surface area contributed by atoms with Crippen molar-refractivity contribution < 1.29 is 0 Å². The highest BCUT2D eigenvalue weighted by atomic mass is 79.9. The molecule has 1 saturated heterocycles. The van der Waals surface area contributed by atoms with Crippen molar-refractivity contribution in [1.82, 2.24) is 19.6 Å². The van der Waals surface area contributed by atoms with E-state index in [-0.39, 0.29) is 0 Å². The van der Waals surface area contributed by atoms with Crippen LogP contribution in [0.2, 0.25) is 0 Å². The highest BCUT2D eigenvalue weighted by molar-refractivity contribution is 9.10. The van der Waals surface area contributed by atoms with E-state index in [1.807, 2.05) is 29.2 Å². The Morgan fingerprint density at radius 2 is 1.92 bits per heavy atom. The second kappa shape index (κ2) is 5.28. The first-order valence-electron chi connectivity index (χ1n) is 8.40. The molecule has 1 fully saturated rings. The van der Waals surface area contributed by atoms with Crippen molar-refractivity contribution in [2.45, 2.75) is 25.7 Å². The van der Waals surface area contributed by atoms with Gasteiger partial charge in [0.2, 0.25) is 0 Å². The molecular formula is C18H18BrN5. The summed E-state index contributed by atoms with van der Waals surface area (Å²) in [6, 6.07) is 6.34. The number of nitrogens with zero attached hydrogens (tertiary/aromatic N) is 5. The minimum atomic E-state index is 0.402. The normalized spacial score (nSPS) is 19.1. The summed E-state index contributed by atoms with van der Waals surface area (Å²) < 4.78 is 2.79. The molecule has 0 N–H and O–H groups in total. The van der Waals surface area contributed by atoms with E-state index in [9.17, 15) is 0 Å². The maximum absolute atomic E-state index is 4.66. The number of piperidine rings is 1. The predicted octanol–water partition coefficient (Wildman–Crippen LogP) is 3.27. The number of fused-ring (bicyclic) bond motifs is 2. The lowest BCUT2D eigenvalue weighted by molar-refractivity contribution is 0.231. The lowest BCUT2D eigenvalue weighted by Gasteiger charge is -2.40. The molecule has 0 amide bonds. The van der Waals surface area contributed by atoms with Crippen LogP contribution in [-0.4, -0.2) is 32.7 Å². The standard InChI is InChI=1S/C18H18BrN5/c19-16-12-21-17(15-3-7-22-24(15)16)23-8-4-18(5-9-23)10-13-2-1-6-20-14(13)11-18/h1-3,6-7,12H,4-5,8-11H2. The third-order valence-electron chi connectivity index (χ3n) is 5.58. The van der Waals surface area contributed by atoms with Gasteiger partial charge in [-0.15, -0.1) is 0 Å². The smallest absolute Gasteiger partial charge is 0.154 e. The molecule has 5 nitrogen and oxygen atoms in total. The lowest BCUT2D eigenvalue weighted by Crippen LogP contribution is -2.41. The summed E-state index contributed by atoms with van der Waals surface area (Å²) in [5, 5.41) is 4.37. The molecule has 3 aromatic heterocycles. The van der Waals surface area contributed by atoms with Crippen LogP contribution in [0.15, 0.2) is 41.4 Å². The molecule has 4 heterocycles. The van der Waals surface area contributed by atoms with E-state index < -0.39 is 0 Å². The quantitative estimate of drug-likeness (QED) is 0.646. The van der Waals surface area contributed by atoms with Crippen LogP contribution in [0.1, 0.15) is 24.1 Å². The van der Waals surface area contributed by atoms with E-state index in [2.05, 4.69) is 48.0 Å². The van der Waals surface area contributed by atoms with Gasteiger partial charge >= 0.3 is 0 Å². The van der Waals surface area contributed by atoms with Gasteiger partial charge in [-0.3, -0.25) is 4.98 Å². The van der Waals surface area contributed by atoms with Crippen LogP contribution in [0.3, 0.4) is 0 Å². The fourth-order valence-electron chi connectivity index (χ4n) is 4.28. The van der Waals surface area contributed by atoms with Gasteiger partial charge in [0.05, 0.1) is 12.4 Å². The van der Waals surface area contributed by atoms with Crippen LogP contribution in [0.4, 0.5) is 5.82 Å². The zero-order valence-electron chi connectivity index (χ0n) is 13.3. The number of halogens is 1. The van der Waals surface area contributed by atoms with Crippen LogP contribution in [0.25, 0.3) is 5.52 Å². The Labute approximate surface area is 148 Å². The van der Waals surface area contributed by atoms with Crippen molar-refractivity contribution in [3.05, 3.63) is 52.7 Å². The topological polar surface area (TPSA) is 46.3 Å². The number of anilines is 1. The molecule has 24 heavy (non-hydrogen) atoms. The van der Waals surface area contributed by atoms with Crippen LogP contribution < -0.4 is 4.90 Å². The monoisotopic (exact) mass is 383 g/mol. The van der Waals surface area contributed by atoms with Crippen molar-refractivity contribution in [3.8, 4) is 0 Å². The van der Waals surface area contributed by atoms with Gasteiger partial charge in [-0.05, 0) is 64.7 Å². The summed E-state index contributed by atoms with van der Waals surface area (Å²) in [6.07, 6.45) is 10.3. The molecule has 1 aliphatic carbocycles. The van der Waals surface area contributed by atoms with Gasteiger partial charge in [0.25, 0.3) is 0 Å². The van der Waals surface area contributed by atoms with Gasteiger partial charge in [0, 0.05) is 25.0 Å². The Bertz CT molecular complexity index is 884. The minimum Gasteiger partial charge on any atom is -0.355 e. The molecule has 6 heteroatoms. The van der Waals surface area contributed by atoms with Crippen molar-refractivity contribution in [1.29, 1.82) is 0 Å². The van der Waals surface area contributed by atoms with Gasteiger partial charge in [0.15, 0.2) is 5.82 Å². The Balaban J connectivity index is 1.39. The minimum absolute atomic E-state index is 0.402. The van der Waals surface area contributed by atoms with Gasteiger partial charge in [-0.2, -0.15) is 5.10 Å². The van der Waals surface area contributed by atoms with Crippen LogP contribution in [-0.2, 0) is 12.8 Å². The fraction of sp³-hybridized carbons (Fsp3) is 0.389. The highest BCUT2D eigenvalue weighted by Crippen LogP contribution is 2.44. The van der Waals surface area contributed by atoms with Crippen molar-refractivity contribution in [2.24, 2.45) is 5.41 Å². The summed E-state index contributed by atoms with van der Waals surface area (Å²) in [4.78, 5) is 11.7. The molecular weight excluding hydrogens is 366 g/mol. The number of pyridine rings is 1. The Morgan fingerprint density at radius 1 is 1.04 bits per heavy atom. The van der Waals surface area contributed by atoms with Gasteiger partial charge in [-0.1, -0.05) is 6.07 Å². The number of hydrogen-bond donors (Lipinski definition) is 0. The summed E-state index contributed by atoms with van der Waals surface area (Å²) in [5.41, 5.74) is 4.23. The number of aromatic nitrogens is 4. The van der Waals surface area contributed by atoms with E-state index in [1.165, 1.54) is 30.5 Å². The molecule has 1 spiro atoms. The molecule has 5 rings (SSSR count). The molecule has 122 valence electrons. The highest BCUT2D eigenvalue weighted by Gasteiger charge is 2.40. The molecule has 0 saturated carbocycles. The zero-order chi connectivity index (χ0) is 16.1. The van der Waals surface area contributed by atoms with Crippen molar-refractivity contribution in [2.75, 3.05) is 18.0 Å². The van der Waals surface area contributed by atoms with Crippen LogP contribution in [0, 0.1) is 5.41 Å². The van der Waals surface area contributed by atoms with E-state index >= 15 is 0 Å². The first-order valence-corrected chi connectivity index (χ1v) is 9.19. The van der Waals surface area contributed by atoms with E-state index in [4.69, 9.17) is 0 Å². The van der Waals surface area contributed by atoms with E-state index in [0.29, 0.717) is 5.41 Å². The molecule has 0 atom stereocenters. The van der Waals surface area contributed by atoms with Gasteiger partial charge in [0.1, 0.15) is 10.1 Å². The molecule has 1 aliphatic heterocycles. The first-order chi connectivity index (χ1) is 11.7. The Hall–Kier alpha value is -1.95. The zero-order valence-corrected chi connectivity index (χ0v) is 14.9. The molecule has 0 radical (unpaired) electrons. The van der Waals surface area contributed by atoms with E-state index in [1.54, 1.807) is 0 Å². The third-order valence-corrected chi connectivity index (χ3v) is 6.12. The van der Waals surface area contributed by atoms with Gasteiger partial charge in [-0.25, -0.2) is 9.50 Å². The Morgan fingerprint density at radius 3 is 2.75 bits per heavy atom. The average Bonchev–Trinajstić information content (AvgIpc) is 3.21. The predicted molar refractivity (Wildman–Crippen MR) is 96.2 cm³/mol. The molecule has 2 aliphatic rings. The summed E-state index contributed by atoms with van der Waals surface area (Å²) >= 11 is 3.51. The summed E-state index contributed by atoms with van der Waals surface area (Å²) in [7, 11) is 0. The number of rotatable bonds is 1. The SMILES string of the molecule is Brc1cnc(N2CCC3(CC2)Cc2cccnc2C3)c2ccnn12. The molecule has 3 aromatic rings. The number of hydrogen-bond acceptors (Lipinski definition) is 4. The lowest BCUT2D eigenvalue weighted by atomic mass is 9.76. The van der Waals surface area contributed by atoms with Crippen LogP contribution >= 0.6 is 15.9 Å². The van der Waals surface area contributed by atoms with Crippen LogP contribution in [0.5, 0.6) is 0 Å². The van der Waals surface area contributed by atoms with Crippen molar-refractivity contribution >= 4 is 27.3 Å². The second-order valence-electron chi connectivity index (χ2n) is 6.98. The van der Waals surface area contributed by atoms with E-state index in [0.717, 1.165) is 35.4 Å². The fourth-order valence-corrected chi connectivity index (χ4v) is 4.67. The second-order valence-corrected chi connectivity index (χ2v) is 7.80. The largest absolute Gasteiger partial charge is 0.355 e. The summed E-state index contributed by atoms with van der Waals surface area (Å²) in [6.45, 7) is 2.09. The van der Waals surface area contributed by atoms with Gasteiger partial charge < -0.3 is 4.90 Å². The Kier molecular flexibility index (Phi) is 3.16. The summed E-state index contributed by atoms with van der Waals surface area (Å²) in [5.74, 6) is 1.04.